The summed E-state index contributed by atoms with van der Waals surface area (Å²) in [6, 6.07) is 18.7. The van der Waals surface area contributed by atoms with Crippen LogP contribution >= 0.6 is 23.0 Å². The van der Waals surface area contributed by atoms with Gasteiger partial charge >= 0.3 is 6.03 Å². The first-order valence-corrected chi connectivity index (χ1v) is 11.6. The molecule has 3 aromatic rings. The number of carbonyl (C=O) groups is 2. The van der Waals surface area contributed by atoms with E-state index in [1.807, 2.05) is 6.07 Å². The maximum Gasteiger partial charge on any atom is 0.326 e. The number of aromatic nitrogens is 1. The number of nitrogens with one attached hydrogen (secondary N) is 1. The van der Waals surface area contributed by atoms with Gasteiger partial charge in [0.05, 0.1) is 6.54 Å². The number of hydrogen-bond donors (Lipinski definition) is 1. The van der Waals surface area contributed by atoms with E-state index in [1.165, 1.54) is 12.1 Å². The number of halogens is 2. The van der Waals surface area contributed by atoms with Crippen LogP contribution in [-0.4, -0.2) is 48.0 Å². The summed E-state index contributed by atoms with van der Waals surface area (Å²) < 4.78 is 17.9. The van der Waals surface area contributed by atoms with Crippen LogP contribution in [0.4, 0.5) is 20.7 Å². The molecule has 2 aromatic carbocycles. The van der Waals surface area contributed by atoms with Crippen molar-refractivity contribution in [2.45, 2.75) is 6.54 Å². The van der Waals surface area contributed by atoms with E-state index in [1.54, 1.807) is 87.5 Å². The number of piperazine rings is 1. The fraction of sp³-hybridized carbons (Fsp3) is 0.208. The van der Waals surface area contributed by atoms with Crippen LogP contribution in [0, 0.1) is 5.82 Å². The van der Waals surface area contributed by atoms with Gasteiger partial charge < -0.3 is 9.80 Å². The first kappa shape index (κ1) is 23.9. The maximum absolute atomic E-state index is 13.5. The van der Waals surface area contributed by atoms with E-state index in [-0.39, 0.29) is 17.8 Å². The van der Waals surface area contributed by atoms with E-state index >= 15 is 0 Å². The van der Waals surface area contributed by atoms with Crippen molar-refractivity contribution in [2.24, 2.45) is 0 Å². The minimum absolute atomic E-state index is 0.141. The zero-order valence-electron chi connectivity index (χ0n) is 18.2. The fourth-order valence-electron chi connectivity index (χ4n) is 3.78. The molecule has 4 rings (SSSR count). The Bertz CT molecular complexity index is 1110. The highest BCUT2D eigenvalue weighted by molar-refractivity contribution is 14.1. The third-order valence-electron chi connectivity index (χ3n) is 5.59. The van der Waals surface area contributed by atoms with E-state index in [0.717, 1.165) is 11.3 Å². The van der Waals surface area contributed by atoms with Gasteiger partial charge in [0.25, 0.3) is 5.91 Å². The third kappa shape index (κ3) is 5.81. The van der Waals surface area contributed by atoms with Crippen molar-refractivity contribution in [2.75, 3.05) is 36.0 Å². The lowest BCUT2D eigenvalue weighted by atomic mass is 10.1. The molecule has 0 atom stereocenters. The van der Waals surface area contributed by atoms with Crippen molar-refractivity contribution in [3.63, 3.8) is 0 Å². The van der Waals surface area contributed by atoms with Crippen molar-refractivity contribution in [3.8, 4) is 0 Å². The lowest BCUT2D eigenvalue weighted by Gasteiger charge is -2.38. The molecule has 1 aliphatic heterocycles. The van der Waals surface area contributed by atoms with E-state index in [9.17, 15) is 14.0 Å². The Morgan fingerprint density at radius 1 is 1.00 bits per heavy atom. The lowest BCUT2D eigenvalue weighted by molar-refractivity contribution is 0.0829. The van der Waals surface area contributed by atoms with E-state index in [2.05, 4.69) is 18.5 Å². The average molecular weight is 575 g/mol. The van der Waals surface area contributed by atoms with Gasteiger partial charge in [0.15, 0.2) is 0 Å². The number of benzene rings is 2. The molecule has 1 N–H and O–H groups in total. The number of nitrogens with zero attached hydrogens (tertiary/aromatic N) is 4. The normalized spacial score (nSPS) is 13.5. The van der Waals surface area contributed by atoms with Gasteiger partial charge in [-0.3, -0.25) is 9.69 Å². The molecule has 1 saturated heterocycles. The number of hydroxylamine groups is 1. The quantitative estimate of drug-likeness (QED) is 0.353. The van der Waals surface area contributed by atoms with Crippen molar-refractivity contribution in [3.05, 3.63) is 89.9 Å². The van der Waals surface area contributed by atoms with Crippen LogP contribution in [0.2, 0.25) is 0 Å². The number of carbonyl (C=O) groups excluding carboxylic acids is 2. The maximum atomic E-state index is 13.5. The highest BCUT2D eigenvalue weighted by atomic mass is 127. The molecule has 0 aliphatic carbocycles. The SMILES string of the molecule is O=C(NOI)c1ccc(CN(C(=O)N2CCN(c3ccc(F)cc3)CC2)c2ccccn2)cc1. The minimum atomic E-state index is -0.349. The van der Waals surface area contributed by atoms with Gasteiger partial charge in [-0.2, -0.15) is 0 Å². The average Bonchev–Trinajstić information content (AvgIpc) is 2.88. The third-order valence-corrected chi connectivity index (χ3v) is 5.81. The van der Waals surface area contributed by atoms with Gasteiger partial charge in [0, 0.05) is 43.6 Å². The highest BCUT2D eigenvalue weighted by Crippen LogP contribution is 2.21. The second-order valence-corrected chi connectivity index (χ2v) is 8.15. The van der Waals surface area contributed by atoms with Gasteiger partial charge in [-0.05, 0) is 54.1 Å². The number of urea groups is 1. The highest BCUT2D eigenvalue weighted by Gasteiger charge is 2.27. The Hall–Kier alpha value is -3.25. The first-order chi connectivity index (χ1) is 16.5. The predicted octanol–water partition coefficient (Wildman–Crippen LogP) is 4.18. The zero-order chi connectivity index (χ0) is 23.9. The summed E-state index contributed by atoms with van der Waals surface area (Å²) in [4.78, 5) is 35.4. The van der Waals surface area contributed by atoms with Crippen LogP contribution in [0.1, 0.15) is 15.9 Å². The van der Waals surface area contributed by atoms with Crippen LogP contribution in [0.15, 0.2) is 72.9 Å². The zero-order valence-corrected chi connectivity index (χ0v) is 20.4. The van der Waals surface area contributed by atoms with Crippen LogP contribution in [0.3, 0.4) is 0 Å². The Morgan fingerprint density at radius 2 is 1.71 bits per heavy atom. The van der Waals surface area contributed by atoms with Gasteiger partial charge in [0.1, 0.15) is 34.6 Å². The van der Waals surface area contributed by atoms with Crippen LogP contribution in [0.25, 0.3) is 0 Å². The summed E-state index contributed by atoms with van der Waals surface area (Å²) in [7, 11) is 0. The summed E-state index contributed by atoms with van der Waals surface area (Å²) in [5, 5.41) is 0. The monoisotopic (exact) mass is 575 g/mol. The first-order valence-electron chi connectivity index (χ1n) is 10.7. The molecule has 34 heavy (non-hydrogen) atoms. The minimum Gasteiger partial charge on any atom is -0.368 e. The van der Waals surface area contributed by atoms with Gasteiger partial charge in [-0.25, -0.2) is 22.8 Å². The number of pyridine rings is 1. The number of amides is 3. The van der Waals surface area contributed by atoms with Crippen LogP contribution in [0.5, 0.6) is 0 Å². The second kappa shape index (κ2) is 11.3. The van der Waals surface area contributed by atoms with E-state index in [0.29, 0.717) is 44.1 Å². The molecule has 8 nitrogen and oxygen atoms in total. The number of rotatable bonds is 6. The molecule has 1 aromatic heterocycles. The molecule has 10 heteroatoms. The molecular weight excluding hydrogens is 552 g/mol. The summed E-state index contributed by atoms with van der Waals surface area (Å²) in [5.41, 5.74) is 4.52. The molecule has 0 radical (unpaired) electrons. The molecule has 176 valence electrons. The summed E-state index contributed by atoms with van der Waals surface area (Å²) >= 11 is 1.59. The summed E-state index contributed by atoms with van der Waals surface area (Å²) in [6.07, 6.45) is 1.65. The molecule has 2 heterocycles. The molecular formula is C24H23FIN5O3. The van der Waals surface area contributed by atoms with Gasteiger partial charge in [-0.1, -0.05) is 18.2 Å². The van der Waals surface area contributed by atoms with E-state index in [4.69, 9.17) is 0 Å². The Morgan fingerprint density at radius 3 is 2.32 bits per heavy atom. The van der Waals surface area contributed by atoms with Gasteiger partial charge in [-0.15, -0.1) is 0 Å². The smallest absolute Gasteiger partial charge is 0.326 e. The largest absolute Gasteiger partial charge is 0.368 e. The number of hydrogen-bond acceptors (Lipinski definition) is 5. The molecule has 1 fully saturated rings. The van der Waals surface area contributed by atoms with E-state index < -0.39 is 0 Å². The van der Waals surface area contributed by atoms with Crippen molar-refractivity contribution in [1.82, 2.24) is 15.4 Å². The Balaban J connectivity index is 1.46. The predicted molar refractivity (Wildman–Crippen MR) is 135 cm³/mol. The van der Waals surface area contributed by atoms with Crippen LogP contribution < -0.4 is 15.3 Å². The second-order valence-electron chi connectivity index (χ2n) is 7.71. The number of anilines is 2. The topological polar surface area (TPSA) is 78.0 Å². The molecule has 0 bridgehead atoms. The Labute approximate surface area is 211 Å². The molecule has 3 amide bonds. The lowest BCUT2D eigenvalue weighted by Crippen LogP contribution is -2.53. The summed E-state index contributed by atoms with van der Waals surface area (Å²) in [5.74, 6) is -0.0678. The molecule has 0 spiro atoms. The van der Waals surface area contributed by atoms with Crippen molar-refractivity contribution >= 4 is 46.4 Å². The molecule has 0 saturated carbocycles. The van der Waals surface area contributed by atoms with Crippen LogP contribution in [-0.2, 0) is 9.71 Å². The summed E-state index contributed by atoms with van der Waals surface area (Å²) in [6.45, 7) is 2.68. The molecule has 0 unspecified atom stereocenters. The van der Waals surface area contributed by atoms with Gasteiger partial charge in [0.2, 0.25) is 0 Å². The van der Waals surface area contributed by atoms with Crippen molar-refractivity contribution < 1.29 is 17.1 Å². The van der Waals surface area contributed by atoms with Crippen molar-refractivity contribution in [1.29, 1.82) is 0 Å². The Kier molecular flexibility index (Phi) is 7.91. The fourth-order valence-corrected chi connectivity index (χ4v) is 3.98. The standard InChI is InChI=1S/C24H23FIN5O3/c25-20-8-10-21(11-9-20)29-13-15-30(16-14-29)24(33)31(22-3-1-2-12-27-22)17-18-4-6-19(7-5-18)23(32)28-34-26/h1-12H,13-17H2,(H,28,32). The molecule has 1 aliphatic rings.